The monoisotopic (exact) mass is 328 g/mol. The molecule has 1 saturated heterocycles. The van der Waals surface area contributed by atoms with Crippen molar-refractivity contribution in [3.8, 4) is 5.82 Å². The molecule has 0 bridgehead atoms. The summed E-state index contributed by atoms with van der Waals surface area (Å²) >= 11 is 0. The van der Waals surface area contributed by atoms with Gasteiger partial charge in [0.05, 0.1) is 17.5 Å². The highest BCUT2D eigenvalue weighted by Gasteiger charge is 2.34. The molecule has 0 spiro atoms. The van der Waals surface area contributed by atoms with Gasteiger partial charge in [-0.1, -0.05) is 13.0 Å². The van der Waals surface area contributed by atoms with E-state index in [1.807, 2.05) is 30.0 Å². The maximum Gasteiger partial charge on any atom is 0.257 e. The zero-order chi connectivity index (χ0) is 17.2. The number of nitrogens with zero attached hydrogens (tertiary/aromatic N) is 4. The zero-order valence-electron chi connectivity index (χ0n) is 14.3. The van der Waals surface area contributed by atoms with Crippen molar-refractivity contribution < 1.29 is 9.90 Å². The van der Waals surface area contributed by atoms with Crippen molar-refractivity contribution >= 4 is 5.91 Å². The van der Waals surface area contributed by atoms with E-state index in [2.05, 4.69) is 17.0 Å². The summed E-state index contributed by atoms with van der Waals surface area (Å²) in [5, 5.41) is 14.0. The van der Waals surface area contributed by atoms with Crippen LogP contribution in [0.25, 0.3) is 5.82 Å². The average molecular weight is 328 g/mol. The first-order valence-electron chi connectivity index (χ1n) is 8.46. The molecule has 2 aromatic heterocycles. The number of aromatic nitrogens is 3. The summed E-state index contributed by atoms with van der Waals surface area (Å²) in [5.41, 5.74) is 1.39. The fourth-order valence-electron chi connectivity index (χ4n) is 3.31. The fraction of sp³-hybridized carbons (Fsp3) is 0.500. The van der Waals surface area contributed by atoms with Crippen LogP contribution in [0.15, 0.2) is 30.6 Å². The molecule has 0 aliphatic carbocycles. The van der Waals surface area contributed by atoms with Crippen molar-refractivity contribution in [3.05, 3.63) is 41.9 Å². The number of pyridine rings is 1. The van der Waals surface area contributed by atoms with Gasteiger partial charge in [0.25, 0.3) is 5.91 Å². The van der Waals surface area contributed by atoms with Gasteiger partial charge in [-0.2, -0.15) is 5.10 Å². The summed E-state index contributed by atoms with van der Waals surface area (Å²) in [6, 6.07) is 5.62. The summed E-state index contributed by atoms with van der Waals surface area (Å²) in [5.74, 6) is 0.718. The first kappa shape index (κ1) is 16.6. The quantitative estimate of drug-likeness (QED) is 0.934. The van der Waals surface area contributed by atoms with Crippen molar-refractivity contribution in [2.24, 2.45) is 5.41 Å². The molecule has 0 radical (unpaired) electrons. The molecule has 0 aromatic carbocycles. The number of rotatable bonds is 4. The van der Waals surface area contributed by atoms with E-state index < -0.39 is 0 Å². The summed E-state index contributed by atoms with van der Waals surface area (Å²) in [6.45, 7) is 5.56. The SMILES string of the molecule is CCC1(CO)CCN(C(=O)c2cnn(-c3ccccn3)c2C)CC1. The number of hydrogen-bond donors (Lipinski definition) is 1. The van der Waals surface area contributed by atoms with Crippen LogP contribution in [0, 0.1) is 12.3 Å². The van der Waals surface area contributed by atoms with Crippen LogP contribution in [0.5, 0.6) is 0 Å². The molecule has 0 saturated carbocycles. The van der Waals surface area contributed by atoms with Crippen LogP contribution >= 0.6 is 0 Å². The fourth-order valence-corrected chi connectivity index (χ4v) is 3.31. The summed E-state index contributed by atoms with van der Waals surface area (Å²) in [4.78, 5) is 19.0. The van der Waals surface area contributed by atoms with Gasteiger partial charge in [0.2, 0.25) is 0 Å². The number of amides is 1. The average Bonchev–Trinajstić information content (AvgIpc) is 3.03. The maximum absolute atomic E-state index is 12.8. The lowest BCUT2D eigenvalue weighted by atomic mass is 9.77. The van der Waals surface area contributed by atoms with Crippen LogP contribution in [-0.2, 0) is 0 Å². The number of aliphatic hydroxyl groups is 1. The summed E-state index contributed by atoms with van der Waals surface area (Å²) in [6.07, 6.45) is 5.97. The van der Waals surface area contributed by atoms with Crippen LogP contribution in [-0.4, -0.2) is 50.4 Å². The Morgan fingerprint density at radius 1 is 1.33 bits per heavy atom. The molecule has 24 heavy (non-hydrogen) atoms. The van der Waals surface area contributed by atoms with E-state index in [1.54, 1.807) is 17.1 Å². The Kier molecular flexibility index (Phi) is 4.66. The Balaban J connectivity index is 1.76. The van der Waals surface area contributed by atoms with E-state index in [-0.39, 0.29) is 17.9 Å². The number of piperidine rings is 1. The zero-order valence-corrected chi connectivity index (χ0v) is 14.3. The number of carbonyl (C=O) groups is 1. The number of aliphatic hydroxyl groups excluding tert-OH is 1. The molecule has 6 heteroatoms. The predicted octanol–water partition coefficient (Wildman–Crippen LogP) is 2.20. The molecular formula is C18H24N4O2. The molecule has 6 nitrogen and oxygen atoms in total. The van der Waals surface area contributed by atoms with Gasteiger partial charge in [-0.05, 0) is 43.7 Å². The lowest BCUT2D eigenvalue weighted by Gasteiger charge is -2.40. The maximum atomic E-state index is 12.8. The molecule has 0 unspecified atom stereocenters. The Bertz CT molecular complexity index is 697. The Morgan fingerprint density at radius 2 is 2.08 bits per heavy atom. The first-order valence-corrected chi connectivity index (χ1v) is 8.46. The van der Waals surface area contributed by atoms with Gasteiger partial charge < -0.3 is 10.0 Å². The van der Waals surface area contributed by atoms with Gasteiger partial charge in [-0.25, -0.2) is 9.67 Å². The molecule has 2 aromatic rings. The second kappa shape index (κ2) is 6.73. The first-order chi connectivity index (χ1) is 11.6. The van der Waals surface area contributed by atoms with Gasteiger partial charge in [0, 0.05) is 25.9 Å². The highest BCUT2D eigenvalue weighted by molar-refractivity contribution is 5.95. The van der Waals surface area contributed by atoms with Crippen molar-refractivity contribution in [3.63, 3.8) is 0 Å². The van der Waals surface area contributed by atoms with E-state index in [9.17, 15) is 9.90 Å². The van der Waals surface area contributed by atoms with Gasteiger partial charge >= 0.3 is 0 Å². The second-order valence-corrected chi connectivity index (χ2v) is 6.55. The second-order valence-electron chi connectivity index (χ2n) is 6.55. The van der Waals surface area contributed by atoms with Crippen LogP contribution < -0.4 is 0 Å². The molecule has 3 heterocycles. The normalized spacial score (nSPS) is 17.0. The van der Waals surface area contributed by atoms with E-state index in [1.165, 1.54) is 0 Å². The molecule has 1 N–H and O–H groups in total. The van der Waals surface area contributed by atoms with Gasteiger partial charge in [-0.15, -0.1) is 0 Å². The summed E-state index contributed by atoms with van der Waals surface area (Å²) in [7, 11) is 0. The topological polar surface area (TPSA) is 71.2 Å². The standard InChI is InChI=1S/C18H24N4O2/c1-3-18(13-23)7-10-21(11-8-18)17(24)15-12-20-22(14(15)2)16-6-4-5-9-19-16/h4-6,9,12,23H,3,7-8,10-11,13H2,1-2H3. The van der Waals surface area contributed by atoms with E-state index in [0.29, 0.717) is 24.5 Å². The van der Waals surface area contributed by atoms with E-state index in [0.717, 1.165) is 25.0 Å². The Labute approximate surface area is 142 Å². The van der Waals surface area contributed by atoms with Crippen molar-refractivity contribution in [1.29, 1.82) is 0 Å². The molecule has 3 rings (SSSR count). The lowest BCUT2D eigenvalue weighted by molar-refractivity contribution is 0.0337. The van der Waals surface area contributed by atoms with Crippen molar-refractivity contribution in [2.45, 2.75) is 33.1 Å². The third-order valence-electron chi connectivity index (χ3n) is 5.30. The van der Waals surface area contributed by atoms with Crippen LogP contribution in [0.2, 0.25) is 0 Å². The van der Waals surface area contributed by atoms with Gasteiger partial charge in [0.15, 0.2) is 5.82 Å². The predicted molar refractivity (Wildman–Crippen MR) is 91.0 cm³/mol. The smallest absolute Gasteiger partial charge is 0.257 e. The Morgan fingerprint density at radius 3 is 2.67 bits per heavy atom. The third kappa shape index (κ3) is 2.94. The molecule has 1 aliphatic heterocycles. The Hall–Kier alpha value is -2.21. The van der Waals surface area contributed by atoms with Crippen LogP contribution in [0.1, 0.15) is 42.2 Å². The highest BCUT2D eigenvalue weighted by Crippen LogP contribution is 2.34. The number of likely N-dealkylation sites (tertiary alicyclic amines) is 1. The minimum absolute atomic E-state index is 0.0114. The lowest BCUT2D eigenvalue weighted by Crippen LogP contribution is -2.44. The van der Waals surface area contributed by atoms with Gasteiger partial charge in [-0.3, -0.25) is 4.79 Å². The summed E-state index contributed by atoms with van der Waals surface area (Å²) < 4.78 is 1.70. The largest absolute Gasteiger partial charge is 0.396 e. The molecule has 1 amide bonds. The van der Waals surface area contributed by atoms with Crippen LogP contribution in [0.3, 0.4) is 0 Å². The molecular weight excluding hydrogens is 304 g/mol. The minimum atomic E-state index is -0.0238. The highest BCUT2D eigenvalue weighted by atomic mass is 16.3. The van der Waals surface area contributed by atoms with Crippen molar-refractivity contribution in [1.82, 2.24) is 19.7 Å². The molecule has 0 atom stereocenters. The van der Waals surface area contributed by atoms with E-state index >= 15 is 0 Å². The minimum Gasteiger partial charge on any atom is -0.396 e. The van der Waals surface area contributed by atoms with E-state index in [4.69, 9.17) is 0 Å². The van der Waals surface area contributed by atoms with Crippen LogP contribution in [0.4, 0.5) is 0 Å². The van der Waals surface area contributed by atoms with Crippen molar-refractivity contribution in [2.75, 3.05) is 19.7 Å². The molecule has 128 valence electrons. The third-order valence-corrected chi connectivity index (χ3v) is 5.30. The number of carbonyl (C=O) groups excluding carboxylic acids is 1. The van der Waals surface area contributed by atoms with Gasteiger partial charge in [0.1, 0.15) is 0 Å². The number of hydrogen-bond acceptors (Lipinski definition) is 4. The molecule has 1 aliphatic rings. The molecule has 1 fully saturated rings.